The van der Waals surface area contributed by atoms with E-state index in [4.69, 9.17) is 14.2 Å². The molecule has 2 aromatic carbocycles. The minimum atomic E-state index is -0.0319. The second-order valence-electron chi connectivity index (χ2n) is 11.7. The summed E-state index contributed by atoms with van der Waals surface area (Å²) in [5.74, 6) is 4.54. The van der Waals surface area contributed by atoms with Crippen molar-refractivity contribution in [1.82, 2.24) is 15.2 Å². The van der Waals surface area contributed by atoms with Gasteiger partial charge in [0.05, 0.1) is 21.3 Å². The van der Waals surface area contributed by atoms with Gasteiger partial charge in [-0.2, -0.15) is 0 Å². The van der Waals surface area contributed by atoms with E-state index >= 15 is 0 Å². The van der Waals surface area contributed by atoms with E-state index in [1.54, 1.807) is 21.3 Å². The van der Waals surface area contributed by atoms with Gasteiger partial charge in [0, 0.05) is 35.7 Å². The lowest BCUT2D eigenvalue weighted by molar-refractivity contribution is -0.0158. The second-order valence-corrected chi connectivity index (χ2v) is 11.7. The van der Waals surface area contributed by atoms with Crippen LogP contribution in [0.3, 0.4) is 0 Å². The molecule has 4 fully saturated rings. The number of H-pyrrole nitrogens is 1. The third-order valence-electron chi connectivity index (χ3n) is 9.14. The number of nitrogens with zero attached hydrogens (tertiary/aromatic N) is 1. The van der Waals surface area contributed by atoms with E-state index in [1.165, 1.54) is 24.8 Å². The molecule has 0 aliphatic heterocycles. The van der Waals surface area contributed by atoms with E-state index in [-0.39, 0.29) is 11.6 Å². The largest absolute Gasteiger partial charge is 0.497 e. The summed E-state index contributed by atoms with van der Waals surface area (Å²) in [5, 5.41) is 4.72. The summed E-state index contributed by atoms with van der Waals surface area (Å²) in [6.07, 6.45) is 10.3. The topological polar surface area (TPSA) is 75.8 Å². The predicted octanol–water partition coefficient (Wildman–Crippen LogP) is 5.92. The van der Waals surface area contributed by atoms with Crippen molar-refractivity contribution in [2.45, 2.75) is 57.0 Å². The van der Waals surface area contributed by atoms with Gasteiger partial charge in [0.25, 0.3) is 0 Å². The van der Waals surface area contributed by atoms with Crippen molar-refractivity contribution in [3.8, 4) is 17.2 Å². The molecule has 4 aliphatic carbocycles. The quantitative estimate of drug-likeness (QED) is 0.370. The highest BCUT2D eigenvalue weighted by atomic mass is 16.5. The Kier molecular flexibility index (Phi) is 6.62. The first-order valence-corrected chi connectivity index (χ1v) is 13.9. The van der Waals surface area contributed by atoms with Crippen LogP contribution in [0.4, 0.5) is 4.79 Å². The standard InChI is InChI=1S/C31H39N3O4/c1-36-25-5-6-27-26(14-25)24(18-32-27)8-9-34(19-20-4-7-28(37-2)29(13-20)38-3)30(35)33-31-15-21-10-22(16-31)12-23(11-21)17-31/h4-7,13-14,18,21-23,32H,8-12,15-17,19H2,1-3H3,(H,33,35). The van der Waals surface area contributed by atoms with Gasteiger partial charge in [-0.15, -0.1) is 0 Å². The SMILES string of the molecule is COc1ccc2[nH]cc(CCN(Cc3ccc(OC)c(OC)c3)C(=O)NC34CC5CC(CC(C5)C3)C4)c2c1. The number of ether oxygens (including phenoxy) is 3. The number of amides is 2. The lowest BCUT2D eigenvalue weighted by atomic mass is 9.53. The number of fused-ring (bicyclic) bond motifs is 1. The van der Waals surface area contributed by atoms with Gasteiger partial charge in [-0.25, -0.2) is 4.79 Å². The molecule has 0 spiro atoms. The Morgan fingerprint density at radius 1 is 0.947 bits per heavy atom. The molecule has 4 aliphatic rings. The predicted molar refractivity (Wildman–Crippen MR) is 148 cm³/mol. The minimum Gasteiger partial charge on any atom is -0.497 e. The number of methoxy groups -OCH3 is 3. The van der Waals surface area contributed by atoms with E-state index in [1.807, 2.05) is 35.2 Å². The molecule has 4 saturated carbocycles. The zero-order valence-electron chi connectivity index (χ0n) is 22.7. The first kappa shape index (κ1) is 25.0. The summed E-state index contributed by atoms with van der Waals surface area (Å²) in [6.45, 7) is 1.11. The van der Waals surface area contributed by atoms with E-state index in [0.29, 0.717) is 24.6 Å². The smallest absolute Gasteiger partial charge is 0.318 e. The fourth-order valence-electron chi connectivity index (χ4n) is 7.77. The molecule has 3 aromatic rings. The Balaban J connectivity index is 1.24. The Hall–Kier alpha value is -3.35. The van der Waals surface area contributed by atoms with Crippen LogP contribution in [0.15, 0.2) is 42.6 Å². The number of hydrogen-bond donors (Lipinski definition) is 2. The maximum atomic E-state index is 14.0. The number of rotatable bonds is 9. The van der Waals surface area contributed by atoms with Crippen LogP contribution >= 0.6 is 0 Å². The molecule has 2 amide bonds. The average molecular weight is 518 g/mol. The molecular formula is C31H39N3O4. The number of benzene rings is 2. The maximum Gasteiger partial charge on any atom is 0.318 e. The highest BCUT2D eigenvalue weighted by Crippen LogP contribution is 2.55. The lowest BCUT2D eigenvalue weighted by Crippen LogP contribution is -2.61. The van der Waals surface area contributed by atoms with E-state index in [9.17, 15) is 4.79 Å². The van der Waals surface area contributed by atoms with Crippen molar-refractivity contribution in [3.05, 3.63) is 53.7 Å². The lowest BCUT2D eigenvalue weighted by Gasteiger charge is -2.57. The fraction of sp³-hybridized carbons (Fsp3) is 0.516. The first-order chi connectivity index (χ1) is 18.5. The van der Waals surface area contributed by atoms with Crippen LogP contribution in [0.2, 0.25) is 0 Å². The number of aromatic nitrogens is 1. The summed E-state index contributed by atoms with van der Waals surface area (Å²) < 4.78 is 16.4. The van der Waals surface area contributed by atoms with E-state index < -0.39 is 0 Å². The van der Waals surface area contributed by atoms with Crippen LogP contribution in [-0.4, -0.2) is 49.3 Å². The number of carbonyl (C=O) groups is 1. The molecule has 7 rings (SSSR count). The Morgan fingerprint density at radius 2 is 1.66 bits per heavy atom. The molecular weight excluding hydrogens is 478 g/mol. The third-order valence-corrected chi connectivity index (χ3v) is 9.14. The molecule has 0 atom stereocenters. The molecule has 7 nitrogen and oxygen atoms in total. The van der Waals surface area contributed by atoms with Gasteiger partial charge in [-0.1, -0.05) is 6.07 Å². The molecule has 1 heterocycles. The van der Waals surface area contributed by atoms with Gasteiger partial charge < -0.3 is 29.4 Å². The molecule has 0 unspecified atom stereocenters. The Morgan fingerprint density at radius 3 is 2.32 bits per heavy atom. The van der Waals surface area contributed by atoms with Crippen LogP contribution < -0.4 is 19.5 Å². The number of aromatic amines is 1. The van der Waals surface area contributed by atoms with Crippen LogP contribution in [0.25, 0.3) is 10.9 Å². The van der Waals surface area contributed by atoms with E-state index in [0.717, 1.165) is 65.7 Å². The highest BCUT2D eigenvalue weighted by Gasteiger charge is 2.51. The molecule has 38 heavy (non-hydrogen) atoms. The molecule has 7 heteroatoms. The Bertz CT molecular complexity index is 1280. The van der Waals surface area contributed by atoms with Gasteiger partial charge >= 0.3 is 6.03 Å². The van der Waals surface area contributed by atoms with Gasteiger partial charge in [0.1, 0.15) is 5.75 Å². The Labute approximate surface area is 224 Å². The van der Waals surface area contributed by atoms with Crippen molar-refractivity contribution in [1.29, 1.82) is 0 Å². The third kappa shape index (κ3) is 4.79. The van der Waals surface area contributed by atoms with Crippen LogP contribution in [0.5, 0.6) is 17.2 Å². The molecule has 0 saturated heterocycles. The van der Waals surface area contributed by atoms with E-state index in [2.05, 4.69) is 22.6 Å². The van der Waals surface area contributed by atoms with Crippen molar-refractivity contribution >= 4 is 16.9 Å². The number of carbonyl (C=O) groups excluding carboxylic acids is 1. The molecule has 4 bridgehead atoms. The zero-order chi connectivity index (χ0) is 26.3. The normalized spacial score (nSPS) is 25.4. The van der Waals surface area contributed by atoms with Gasteiger partial charge in [-0.05, 0) is 104 Å². The van der Waals surface area contributed by atoms with Crippen molar-refractivity contribution < 1.29 is 19.0 Å². The summed E-state index contributed by atoms with van der Waals surface area (Å²) >= 11 is 0. The fourth-order valence-corrected chi connectivity index (χ4v) is 7.77. The molecule has 202 valence electrons. The maximum absolute atomic E-state index is 14.0. The summed E-state index contributed by atoms with van der Waals surface area (Å²) in [4.78, 5) is 19.3. The number of hydrogen-bond acceptors (Lipinski definition) is 4. The van der Waals surface area contributed by atoms with Crippen LogP contribution in [0, 0.1) is 17.8 Å². The molecule has 1 aromatic heterocycles. The monoisotopic (exact) mass is 517 g/mol. The molecule has 0 radical (unpaired) electrons. The second kappa shape index (κ2) is 10.1. The number of nitrogens with one attached hydrogen (secondary N) is 2. The van der Waals surface area contributed by atoms with Gasteiger partial charge in [0.2, 0.25) is 0 Å². The van der Waals surface area contributed by atoms with Crippen molar-refractivity contribution in [2.75, 3.05) is 27.9 Å². The first-order valence-electron chi connectivity index (χ1n) is 13.9. The highest BCUT2D eigenvalue weighted by molar-refractivity contribution is 5.84. The van der Waals surface area contributed by atoms with Crippen molar-refractivity contribution in [3.63, 3.8) is 0 Å². The molecule has 2 N–H and O–H groups in total. The van der Waals surface area contributed by atoms with Gasteiger partial charge in [0.15, 0.2) is 11.5 Å². The summed E-state index contributed by atoms with van der Waals surface area (Å²) in [5.41, 5.74) is 3.24. The summed E-state index contributed by atoms with van der Waals surface area (Å²) in [7, 11) is 4.97. The summed E-state index contributed by atoms with van der Waals surface area (Å²) in [6, 6.07) is 12.0. The minimum absolute atomic E-state index is 0.0319. The van der Waals surface area contributed by atoms with Gasteiger partial charge in [-0.3, -0.25) is 0 Å². The average Bonchev–Trinajstić information content (AvgIpc) is 3.31. The van der Waals surface area contributed by atoms with Crippen LogP contribution in [-0.2, 0) is 13.0 Å². The van der Waals surface area contributed by atoms with Crippen molar-refractivity contribution in [2.24, 2.45) is 17.8 Å². The zero-order valence-corrected chi connectivity index (χ0v) is 22.7. The van der Waals surface area contributed by atoms with Crippen LogP contribution in [0.1, 0.15) is 49.7 Å². The number of urea groups is 1.